The van der Waals surface area contributed by atoms with Crippen molar-refractivity contribution in [1.29, 1.82) is 0 Å². The predicted molar refractivity (Wildman–Crippen MR) is 105 cm³/mol. The van der Waals surface area contributed by atoms with E-state index >= 15 is 0 Å². The van der Waals surface area contributed by atoms with Crippen LogP contribution in [0.25, 0.3) is 5.57 Å². The Bertz CT molecular complexity index is 849. The highest BCUT2D eigenvalue weighted by Gasteiger charge is 2.26. The van der Waals surface area contributed by atoms with E-state index in [4.69, 9.17) is 9.72 Å². The van der Waals surface area contributed by atoms with E-state index in [0.717, 1.165) is 54.7 Å². The molecule has 25 heavy (non-hydrogen) atoms. The number of aryl methyl sites for hydroxylation is 3. The minimum Gasteiger partial charge on any atom is -0.496 e. The lowest BCUT2D eigenvalue weighted by Gasteiger charge is -2.23. The first-order valence-electron chi connectivity index (χ1n) is 8.93. The topological polar surface area (TPSA) is 34.1 Å². The molecular formula is C21H23BrN2O. The fourth-order valence-electron chi connectivity index (χ4n) is 4.08. The lowest BCUT2D eigenvalue weighted by Crippen LogP contribution is -2.24. The van der Waals surface area contributed by atoms with Crippen molar-refractivity contribution in [3.05, 3.63) is 62.4 Å². The van der Waals surface area contributed by atoms with Gasteiger partial charge in [-0.25, -0.2) is 0 Å². The summed E-state index contributed by atoms with van der Waals surface area (Å²) in [5.74, 6) is 0.980. The van der Waals surface area contributed by atoms with Gasteiger partial charge in [0.25, 0.3) is 0 Å². The first-order chi connectivity index (χ1) is 12.2. The number of nitrogens with one attached hydrogen (secondary N) is 1. The zero-order valence-corrected chi connectivity index (χ0v) is 16.4. The molecule has 0 unspecified atom stereocenters. The molecule has 0 atom stereocenters. The highest BCUT2D eigenvalue weighted by atomic mass is 79.9. The molecule has 4 rings (SSSR count). The summed E-state index contributed by atoms with van der Waals surface area (Å²) in [6.45, 7) is 4.22. The van der Waals surface area contributed by atoms with Gasteiger partial charge in [0.05, 0.1) is 12.8 Å². The molecule has 3 nitrogen and oxygen atoms in total. The van der Waals surface area contributed by atoms with Gasteiger partial charge in [0.15, 0.2) is 0 Å². The number of hydrogen-bond acceptors (Lipinski definition) is 3. The maximum atomic E-state index is 5.82. The Kier molecular flexibility index (Phi) is 4.65. The van der Waals surface area contributed by atoms with Gasteiger partial charge in [-0.1, -0.05) is 11.6 Å². The van der Waals surface area contributed by atoms with Gasteiger partial charge in [-0.05, 0) is 90.4 Å². The quantitative estimate of drug-likeness (QED) is 0.770. The SMILES string of the molecule is COc1cc(C)cc2c1C(=C1CCNCC1)c1ncc(Br)cc1CC2. The summed E-state index contributed by atoms with van der Waals surface area (Å²) in [6, 6.07) is 6.71. The second kappa shape index (κ2) is 6.93. The number of ether oxygens (including phenoxy) is 1. The highest BCUT2D eigenvalue weighted by Crippen LogP contribution is 2.42. The van der Waals surface area contributed by atoms with Gasteiger partial charge in [0.2, 0.25) is 0 Å². The van der Waals surface area contributed by atoms with Crippen LogP contribution < -0.4 is 10.1 Å². The van der Waals surface area contributed by atoms with Crippen molar-refractivity contribution in [2.24, 2.45) is 0 Å². The molecule has 0 amide bonds. The summed E-state index contributed by atoms with van der Waals surface area (Å²) in [5, 5.41) is 3.47. The van der Waals surface area contributed by atoms with E-state index in [2.05, 4.69) is 46.4 Å². The van der Waals surface area contributed by atoms with E-state index in [9.17, 15) is 0 Å². The van der Waals surface area contributed by atoms with Crippen LogP contribution in [0.1, 0.15) is 40.8 Å². The number of halogens is 1. The summed E-state index contributed by atoms with van der Waals surface area (Å²) in [6.07, 6.45) is 6.10. The number of rotatable bonds is 1. The number of pyridine rings is 1. The van der Waals surface area contributed by atoms with Gasteiger partial charge in [-0.2, -0.15) is 0 Å². The highest BCUT2D eigenvalue weighted by molar-refractivity contribution is 9.10. The molecule has 2 heterocycles. The summed E-state index contributed by atoms with van der Waals surface area (Å²) in [7, 11) is 1.78. The average Bonchev–Trinajstić information content (AvgIpc) is 2.78. The number of aromatic nitrogens is 1. The van der Waals surface area contributed by atoms with E-state index in [1.807, 2.05) is 6.20 Å². The zero-order chi connectivity index (χ0) is 17.4. The number of piperidine rings is 1. The smallest absolute Gasteiger partial charge is 0.127 e. The number of nitrogens with zero attached hydrogens (tertiary/aromatic N) is 1. The Balaban J connectivity index is 2.03. The third-order valence-corrected chi connectivity index (χ3v) is 5.63. The van der Waals surface area contributed by atoms with Gasteiger partial charge in [-0.15, -0.1) is 0 Å². The molecule has 130 valence electrons. The Morgan fingerprint density at radius 1 is 1.04 bits per heavy atom. The molecule has 1 aliphatic carbocycles. The minimum atomic E-state index is 0.980. The third-order valence-electron chi connectivity index (χ3n) is 5.19. The van der Waals surface area contributed by atoms with Crippen molar-refractivity contribution in [3.63, 3.8) is 0 Å². The molecule has 1 aromatic carbocycles. The molecule has 0 spiro atoms. The van der Waals surface area contributed by atoms with Crippen molar-refractivity contribution in [2.75, 3.05) is 20.2 Å². The van der Waals surface area contributed by atoms with Crippen LogP contribution in [0.5, 0.6) is 5.75 Å². The number of benzene rings is 1. The summed E-state index contributed by atoms with van der Waals surface area (Å²) in [4.78, 5) is 4.85. The second-order valence-electron chi connectivity index (χ2n) is 6.89. The average molecular weight is 399 g/mol. The van der Waals surface area contributed by atoms with Gasteiger partial charge < -0.3 is 10.1 Å². The van der Waals surface area contributed by atoms with Crippen molar-refractivity contribution < 1.29 is 4.74 Å². The molecule has 1 aliphatic heterocycles. The summed E-state index contributed by atoms with van der Waals surface area (Å²) >= 11 is 3.59. The molecule has 1 aromatic heterocycles. The van der Waals surface area contributed by atoms with Gasteiger partial charge in [0, 0.05) is 21.8 Å². The first-order valence-corrected chi connectivity index (χ1v) is 9.72. The Morgan fingerprint density at radius 3 is 2.56 bits per heavy atom. The third kappa shape index (κ3) is 3.13. The molecule has 0 saturated carbocycles. The summed E-state index contributed by atoms with van der Waals surface area (Å²) in [5.41, 5.74) is 9.18. The Hall–Kier alpha value is -1.65. The molecule has 2 aromatic rings. The number of fused-ring (bicyclic) bond motifs is 2. The van der Waals surface area contributed by atoms with Crippen molar-refractivity contribution in [2.45, 2.75) is 32.6 Å². The molecule has 1 N–H and O–H groups in total. The Labute approximate surface area is 157 Å². The van der Waals surface area contributed by atoms with Crippen LogP contribution in [0.4, 0.5) is 0 Å². The van der Waals surface area contributed by atoms with Crippen LogP contribution in [0.2, 0.25) is 0 Å². The Morgan fingerprint density at radius 2 is 1.80 bits per heavy atom. The van der Waals surface area contributed by atoms with E-state index < -0.39 is 0 Å². The molecule has 4 heteroatoms. The van der Waals surface area contributed by atoms with Crippen LogP contribution in [0, 0.1) is 6.92 Å². The normalized spacial score (nSPS) is 16.9. The maximum Gasteiger partial charge on any atom is 0.127 e. The van der Waals surface area contributed by atoms with Crippen LogP contribution in [0.3, 0.4) is 0 Å². The molecule has 1 fully saturated rings. The van der Waals surface area contributed by atoms with Crippen LogP contribution in [-0.4, -0.2) is 25.2 Å². The van der Waals surface area contributed by atoms with Crippen molar-refractivity contribution in [3.8, 4) is 5.75 Å². The molecular weight excluding hydrogens is 376 g/mol. The lowest BCUT2D eigenvalue weighted by molar-refractivity contribution is 0.412. The van der Waals surface area contributed by atoms with Crippen LogP contribution >= 0.6 is 15.9 Å². The lowest BCUT2D eigenvalue weighted by atomic mass is 9.88. The molecule has 0 radical (unpaired) electrons. The monoisotopic (exact) mass is 398 g/mol. The maximum absolute atomic E-state index is 5.82. The van der Waals surface area contributed by atoms with E-state index in [0.29, 0.717) is 0 Å². The summed E-state index contributed by atoms with van der Waals surface area (Å²) < 4.78 is 6.87. The standard InChI is InChI=1S/C21H23BrN2O/c1-13-9-15-3-4-16-11-17(22)12-24-21(16)20(14-5-7-23-8-6-14)19(15)18(10-13)25-2/h9-12,23H,3-8H2,1-2H3. The van der Waals surface area contributed by atoms with Crippen LogP contribution in [0.15, 0.2) is 34.4 Å². The van der Waals surface area contributed by atoms with Crippen molar-refractivity contribution >= 4 is 21.5 Å². The molecule has 1 saturated heterocycles. The minimum absolute atomic E-state index is 0.980. The van der Waals surface area contributed by atoms with E-state index in [-0.39, 0.29) is 0 Å². The predicted octanol–water partition coefficient (Wildman–Crippen LogP) is 4.45. The van der Waals surface area contributed by atoms with Crippen molar-refractivity contribution in [1.82, 2.24) is 10.3 Å². The molecule has 0 bridgehead atoms. The van der Waals surface area contributed by atoms with Gasteiger partial charge in [0.1, 0.15) is 5.75 Å². The van der Waals surface area contributed by atoms with E-state index in [1.54, 1.807) is 7.11 Å². The fraction of sp³-hybridized carbons (Fsp3) is 0.381. The molecule has 2 aliphatic rings. The number of methoxy groups -OCH3 is 1. The largest absolute Gasteiger partial charge is 0.496 e. The number of hydrogen-bond donors (Lipinski definition) is 1. The van der Waals surface area contributed by atoms with E-state index in [1.165, 1.54) is 33.4 Å². The first kappa shape index (κ1) is 16.8. The fourth-order valence-corrected chi connectivity index (χ4v) is 4.45. The zero-order valence-electron chi connectivity index (χ0n) is 14.8. The van der Waals surface area contributed by atoms with Gasteiger partial charge >= 0.3 is 0 Å². The second-order valence-corrected chi connectivity index (χ2v) is 7.81. The van der Waals surface area contributed by atoms with Crippen LogP contribution in [-0.2, 0) is 12.8 Å². The van der Waals surface area contributed by atoms with Gasteiger partial charge in [-0.3, -0.25) is 4.98 Å².